The molecule has 1 N–H and O–H groups in total. The Labute approximate surface area is 119 Å². The van der Waals surface area contributed by atoms with E-state index in [0.29, 0.717) is 6.04 Å². The SMILES string of the molecule is CC(C)CN(CCCC(C)(C#N)NC(C)C)C1CC1. The van der Waals surface area contributed by atoms with Crippen LogP contribution >= 0.6 is 0 Å². The van der Waals surface area contributed by atoms with Gasteiger partial charge in [-0.1, -0.05) is 13.8 Å². The molecule has 1 saturated carbocycles. The van der Waals surface area contributed by atoms with Crippen molar-refractivity contribution in [3.63, 3.8) is 0 Å². The second-order valence-electron chi connectivity index (χ2n) is 6.97. The van der Waals surface area contributed by atoms with Gasteiger partial charge >= 0.3 is 0 Å². The summed E-state index contributed by atoms with van der Waals surface area (Å²) in [6, 6.07) is 3.63. The Morgan fingerprint density at radius 1 is 1.32 bits per heavy atom. The number of nitriles is 1. The quantitative estimate of drug-likeness (QED) is 0.696. The molecule has 0 amide bonds. The fraction of sp³-hybridized carbons (Fsp3) is 0.938. The lowest BCUT2D eigenvalue weighted by molar-refractivity contribution is 0.221. The summed E-state index contributed by atoms with van der Waals surface area (Å²) in [4.78, 5) is 2.62. The number of hydrogen-bond acceptors (Lipinski definition) is 3. The van der Waals surface area contributed by atoms with Crippen LogP contribution in [0.2, 0.25) is 0 Å². The Morgan fingerprint density at radius 2 is 1.95 bits per heavy atom. The molecule has 1 atom stereocenters. The molecule has 0 aromatic carbocycles. The summed E-state index contributed by atoms with van der Waals surface area (Å²) in [5.41, 5.74) is -0.374. The van der Waals surface area contributed by atoms with Crippen LogP contribution in [0, 0.1) is 17.2 Å². The summed E-state index contributed by atoms with van der Waals surface area (Å²) < 4.78 is 0. The van der Waals surface area contributed by atoms with Crippen molar-refractivity contribution in [2.45, 2.75) is 77.9 Å². The minimum Gasteiger partial charge on any atom is -0.300 e. The van der Waals surface area contributed by atoms with Crippen LogP contribution in [0.5, 0.6) is 0 Å². The fourth-order valence-electron chi connectivity index (χ4n) is 2.76. The lowest BCUT2D eigenvalue weighted by Crippen LogP contribution is -2.45. The van der Waals surface area contributed by atoms with E-state index in [9.17, 15) is 5.26 Å². The molecule has 1 fully saturated rings. The second kappa shape index (κ2) is 7.26. The van der Waals surface area contributed by atoms with Gasteiger partial charge in [0.25, 0.3) is 0 Å². The molecular weight excluding hydrogens is 234 g/mol. The molecule has 3 nitrogen and oxygen atoms in total. The predicted molar refractivity (Wildman–Crippen MR) is 81.0 cm³/mol. The summed E-state index contributed by atoms with van der Waals surface area (Å²) in [6.07, 6.45) is 4.77. The van der Waals surface area contributed by atoms with Crippen molar-refractivity contribution in [2.24, 2.45) is 5.92 Å². The van der Waals surface area contributed by atoms with Crippen molar-refractivity contribution in [1.29, 1.82) is 5.26 Å². The molecule has 3 heteroatoms. The molecule has 1 unspecified atom stereocenters. The van der Waals surface area contributed by atoms with Crippen LogP contribution in [0.4, 0.5) is 0 Å². The van der Waals surface area contributed by atoms with Gasteiger partial charge < -0.3 is 4.90 Å². The maximum atomic E-state index is 9.34. The average Bonchev–Trinajstić information content (AvgIpc) is 3.10. The molecule has 0 aromatic heterocycles. The maximum Gasteiger partial charge on any atom is 0.104 e. The highest BCUT2D eigenvalue weighted by Crippen LogP contribution is 2.28. The third-order valence-corrected chi connectivity index (χ3v) is 3.64. The van der Waals surface area contributed by atoms with E-state index in [2.05, 4.69) is 44.0 Å². The Bertz CT molecular complexity index is 302. The van der Waals surface area contributed by atoms with Crippen molar-refractivity contribution in [3.8, 4) is 6.07 Å². The summed E-state index contributed by atoms with van der Waals surface area (Å²) in [6.45, 7) is 13.1. The van der Waals surface area contributed by atoms with Crippen molar-refractivity contribution < 1.29 is 0 Å². The highest BCUT2D eigenvalue weighted by atomic mass is 15.2. The first-order chi connectivity index (χ1) is 8.86. The van der Waals surface area contributed by atoms with E-state index in [4.69, 9.17) is 0 Å². The fourth-order valence-corrected chi connectivity index (χ4v) is 2.76. The topological polar surface area (TPSA) is 39.1 Å². The van der Waals surface area contributed by atoms with Gasteiger partial charge in [-0.05, 0) is 58.9 Å². The van der Waals surface area contributed by atoms with Crippen LogP contribution in [0.25, 0.3) is 0 Å². The van der Waals surface area contributed by atoms with E-state index in [1.165, 1.54) is 19.4 Å². The van der Waals surface area contributed by atoms with Crippen molar-refractivity contribution >= 4 is 0 Å². The molecule has 0 aromatic rings. The highest BCUT2D eigenvalue weighted by molar-refractivity contribution is 5.04. The second-order valence-corrected chi connectivity index (χ2v) is 6.97. The zero-order valence-corrected chi connectivity index (χ0v) is 13.4. The van der Waals surface area contributed by atoms with Gasteiger partial charge in [-0.25, -0.2) is 0 Å². The van der Waals surface area contributed by atoms with Crippen LogP contribution in [0.1, 0.15) is 60.3 Å². The number of nitrogens with zero attached hydrogens (tertiary/aromatic N) is 2. The van der Waals surface area contributed by atoms with Crippen LogP contribution in [0.3, 0.4) is 0 Å². The lowest BCUT2D eigenvalue weighted by atomic mass is 9.96. The minimum atomic E-state index is -0.374. The summed E-state index contributed by atoms with van der Waals surface area (Å²) >= 11 is 0. The van der Waals surface area contributed by atoms with E-state index < -0.39 is 0 Å². The monoisotopic (exact) mass is 265 g/mol. The zero-order valence-electron chi connectivity index (χ0n) is 13.4. The van der Waals surface area contributed by atoms with E-state index in [0.717, 1.165) is 31.3 Å². The predicted octanol–water partition coefficient (Wildman–Crippen LogP) is 3.17. The van der Waals surface area contributed by atoms with Gasteiger partial charge in [0, 0.05) is 18.6 Å². The van der Waals surface area contributed by atoms with Gasteiger partial charge in [0.2, 0.25) is 0 Å². The van der Waals surface area contributed by atoms with Gasteiger partial charge in [0.1, 0.15) is 5.54 Å². The van der Waals surface area contributed by atoms with Gasteiger partial charge in [0.05, 0.1) is 6.07 Å². The van der Waals surface area contributed by atoms with Gasteiger partial charge in [0.15, 0.2) is 0 Å². The molecule has 0 spiro atoms. The molecule has 110 valence electrons. The molecule has 1 rings (SSSR count). The maximum absolute atomic E-state index is 9.34. The summed E-state index contributed by atoms with van der Waals surface area (Å²) in [5.74, 6) is 0.733. The van der Waals surface area contributed by atoms with Gasteiger partial charge in [-0.2, -0.15) is 5.26 Å². The molecule has 19 heavy (non-hydrogen) atoms. The molecule has 0 aliphatic heterocycles. The van der Waals surface area contributed by atoms with E-state index in [-0.39, 0.29) is 5.54 Å². The van der Waals surface area contributed by atoms with E-state index >= 15 is 0 Å². The first-order valence-electron chi connectivity index (χ1n) is 7.79. The number of hydrogen-bond donors (Lipinski definition) is 1. The van der Waals surface area contributed by atoms with Crippen molar-refractivity contribution in [2.75, 3.05) is 13.1 Å². The Balaban J connectivity index is 2.35. The van der Waals surface area contributed by atoms with Crippen LogP contribution in [-0.2, 0) is 0 Å². The number of rotatable bonds is 9. The Morgan fingerprint density at radius 3 is 2.37 bits per heavy atom. The third-order valence-electron chi connectivity index (χ3n) is 3.64. The molecule has 0 radical (unpaired) electrons. The van der Waals surface area contributed by atoms with Gasteiger partial charge in [-0.15, -0.1) is 0 Å². The van der Waals surface area contributed by atoms with Crippen LogP contribution < -0.4 is 5.32 Å². The normalized spacial score (nSPS) is 18.9. The first kappa shape index (κ1) is 16.5. The smallest absolute Gasteiger partial charge is 0.104 e. The molecule has 0 bridgehead atoms. The largest absolute Gasteiger partial charge is 0.300 e. The van der Waals surface area contributed by atoms with E-state index in [1.54, 1.807) is 0 Å². The zero-order chi connectivity index (χ0) is 14.5. The van der Waals surface area contributed by atoms with Crippen LogP contribution in [-0.4, -0.2) is 35.6 Å². The summed E-state index contributed by atoms with van der Waals surface area (Å²) in [5, 5.41) is 12.7. The molecule has 0 heterocycles. The molecule has 1 aliphatic rings. The molecule has 1 aliphatic carbocycles. The Kier molecular flexibility index (Phi) is 6.29. The Hall–Kier alpha value is -0.590. The minimum absolute atomic E-state index is 0.361. The van der Waals surface area contributed by atoms with Crippen molar-refractivity contribution in [3.05, 3.63) is 0 Å². The number of nitrogens with one attached hydrogen (secondary N) is 1. The average molecular weight is 265 g/mol. The van der Waals surface area contributed by atoms with Gasteiger partial charge in [-0.3, -0.25) is 5.32 Å². The molecule has 0 saturated heterocycles. The summed E-state index contributed by atoms with van der Waals surface area (Å²) in [7, 11) is 0. The van der Waals surface area contributed by atoms with Crippen molar-refractivity contribution in [1.82, 2.24) is 10.2 Å². The van der Waals surface area contributed by atoms with E-state index in [1.807, 2.05) is 6.92 Å². The first-order valence-corrected chi connectivity index (χ1v) is 7.79. The standard InChI is InChI=1S/C16H31N3/c1-13(2)11-19(15-7-8-15)10-6-9-16(5,12-17)18-14(3)4/h13-15,18H,6-11H2,1-5H3. The molecular formula is C16H31N3. The van der Waals surface area contributed by atoms with Crippen LogP contribution in [0.15, 0.2) is 0 Å². The lowest BCUT2D eigenvalue weighted by Gasteiger charge is -2.28. The highest BCUT2D eigenvalue weighted by Gasteiger charge is 2.30. The third kappa shape index (κ3) is 6.40.